The number of piperazine rings is 1. The number of aromatic nitrogens is 1. The molecular formula is C20H24Cl2N4O2. The summed E-state index contributed by atoms with van der Waals surface area (Å²) in [6.45, 7) is 5.56. The number of nitrogens with zero attached hydrogens (tertiary/aromatic N) is 2. The van der Waals surface area contributed by atoms with E-state index >= 15 is 0 Å². The molecule has 0 saturated carbocycles. The lowest BCUT2D eigenvalue weighted by molar-refractivity contribution is -0.118. The van der Waals surface area contributed by atoms with Crippen molar-refractivity contribution in [2.75, 3.05) is 25.0 Å². The summed E-state index contributed by atoms with van der Waals surface area (Å²) in [6.07, 6.45) is 3.49. The normalized spacial score (nSPS) is 16.4. The molecular weight excluding hydrogens is 399 g/mol. The summed E-state index contributed by atoms with van der Waals surface area (Å²) in [5.41, 5.74) is 1.92. The van der Waals surface area contributed by atoms with Crippen LogP contribution in [0.1, 0.15) is 35.8 Å². The highest BCUT2D eigenvalue weighted by atomic mass is 35.5. The van der Waals surface area contributed by atoms with Crippen LogP contribution in [0.4, 0.5) is 5.69 Å². The van der Waals surface area contributed by atoms with Crippen LogP contribution in [0, 0.1) is 5.92 Å². The van der Waals surface area contributed by atoms with Gasteiger partial charge >= 0.3 is 0 Å². The summed E-state index contributed by atoms with van der Waals surface area (Å²) < 4.78 is 0. The molecule has 0 aliphatic carbocycles. The van der Waals surface area contributed by atoms with Gasteiger partial charge in [0.05, 0.1) is 16.6 Å². The van der Waals surface area contributed by atoms with E-state index in [4.69, 9.17) is 11.6 Å². The van der Waals surface area contributed by atoms with E-state index in [1.54, 1.807) is 30.6 Å². The highest BCUT2D eigenvalue weighted by molar-refractivity contribution is 6.34. The minimum atomic E-state index is -0.156. The number of benzene rings is 1. The number of pyridine rings is 1. The fourth-order valence-corrected chi connectivity index (χ4v) is 3.22. The van der Waals surface area contributed by atoms with Crippen molar-refractivity contribution in [1.82, 2.24) is 15.2 Å². The van der Waals surface area contributed by atoms with Gasteiger partial charge in [-0.1, -0.05) is 31.5 Å². The predicted molar refractivity (Wildman–Crippen MR) is 113 cm³/mol. The Bertz CT molecular complexity index is 830. The topological polar surface area (TPSA) is 74.3 Å². The maximum absolute atomic E-state index is 13.3. The maximum atomic E-state index is 13.3. The smallest absolute Gasteiger partial charge is 0.256 e. The van der Waals surface area contributed by atoms with E-state index in [1.807, 2.05) is 30.9 Å². The van der Waals surface area contributed by atoms with Gasteiger partial charge in [-0.15, -0.1) is 12.4 Å². The van der Waals surface area contributed by atoms with Crippen molar-refractivity contribution in [3.63, 3.8) is 0 Å². The van der Waals surface area contributed by atoms with E-state index in [-0.39, 0.29) is 36.2 Å². The van der Waals surface area contributed by atoms with E-state index in [0.717, 1.165) is 5.56 Å². The van der Waals surface area contributed by atoms with Gasteiger partial charge in [0.2, 0.25) is 5.91 Å². The van der Waals surface area contributed by atoms with Crippen LogP contribution in [-0.4, -0.2) is 41.3 Å². The van der Waals surface area contributed by atoms with Crippen molar-refractivity contribution < 1.29 is 9.59 Å². The van der Waals surface area contributed by atoms with Gasteiger partial charge in [0.25, 0.3) is 5.91 Å². The fourth-order valence-electron chi connectivity index (χ4n) is 3.03. The zero-order chi connectivity index (χ0) is 19.4. The van der Waals surface area contributed by atoms with Crippen molar-refractivity contribution in [2.24, 2.45) is 5.92 Å². The first-order valence-corrected chi connectivity index (χ1v) is 9.37. The third-order valence-corrected chi connectivity index (χ3v) is 4.89. The second-order valence-electron chi connectivity index (χ2n) is 6.84. The van der Waals surface area contributed by atoms with Crippen molar-refractivity contribution in [2.45, 2.75) is 19.9 Å². The monoisotopic (exact) mass is 422 g/mol. The number of amides is 2. The average Bonchev–Trinajstić information content (AvgIpc) is 2.69. The van der Waals surface area contributed by atoms with Gasteiger partial charge in [0, 0.05) is 43.6 Å². The Morgan fingerprint density at radius 3 is 2.79 bits per heavy atom. The number of hydrogen-bond donors (Lipinski definition) is 2. The maximum Gasteiger partial charge on any atom is 0.256 e. The highest BCUT2D eigenvalue weighted by Crippen LogP contribution is 2.28. The second-order valence-corrected chi connectivity index (χ2v) is 7.25. The van der Waals surface area contributed by atoms with Crippen LogP contribution in [0.5, 0.6) is 0 Å². The average molecular weight is 423 g/mol. The van der Waals surface area contributed by atoms with Crippen LogP contribution in [0.2, 0.25) is 5.02 Å². The van der Waals surface area contributed by atoms with Crippen molar-refractivity contribution in [1.29, 1.82) is 0 Å². The molecule has 6 nitrogen and oxygen atoms in total. The molecule has 8 heteroatoms. The lowest BCUT2D eigenvalue weighted by Crippen LogP contribution is -2.48. The van der Waals surface area contributed by atoms with E-state index < -0.39 is 0 Å². The number of halogens is 2. The van der Waals surface area contributed by atoms with Crippen molar-refractivity contribution in [3.8, 4) is 0 Å². The third kappa shape index (κ3) is 5.01. The molecule has 3 rings (SSSR count). The van der Waals surface area contributed by atoms with Gasteiger partial charge in [-0.25, -0.2) is 0 Å². The molecule has 0 radical (unpaired) electrons. The molecule has 2 N–H and O–H groups in total. The van der Waals surface area contributed by atoms with Crippen molar-refractivity contribution >= 4 is 41.5 Å². The lowest BCUT2D eigenvalue weighted by Gasteiger charge is -2.36. The van der Waals surface area contributed by atoms with Crippen molar-refractivity contribution in [3.05, 3.63) is 58.9 Å². The highest BCUT2D eigenvalue weighted by Gasteiger charge is 2.30. The first-order chi connectivity index (χ1) is 13.0. The molecule has 1 atom stereocenters. The summed E-state index contributed by atoms with van der Waals surface area (Å²) in [4.78, 5) is 31.2. The van der Waals surface area contributed by atoms with Gasteiger partial charge in [-0.05, 0) is 29.8 Å². The Morgan fingerprint density at radius 2 is 2.11 bits per heavy atom. The molecule has 2 heterocycles. The summed E-state index contributed by atoms with van der Waals surface area (Å²) in [5, 5.41) is 6.51. The minimum Gasteiger partial charge on any atom is -0.329 e. The molecule has 1 saturated heterocycles. The molecule has 1 aliphatic heterocycles. The largest absolute Gasteiger partial charge is 0.329 e. The predicted octanol–water partition coefficient (Wildman–Crippen LogP) is 3.54. The van der Waals surface area contributed by atoms with E-state index in [0.29, 0.717) is 35.9 Å². The molecule has 28 heavy (non-hydrogen) atoms. The number of carbonyl (C=O) groups is 2. The van der Waals surface area contributed by atoms with Gasteiger partial charge in [-0.3, -0.25) is 14.6 Å². The van der Waals surface area contributed by atoms with Gasteiger partial charge in [0.1, 0.15) is 0 Å². The number of anilines is 1. The van der Waals surface area contributed by atoms with Crippen LogP contribution < -0.4 is 10.6 Å². The number of hydrogen-bond acceptors (Lipinski definition) is 4. The molecule has 150 valence electrons. The first kappa shape index (κ1) is 22.1. The zero-order valence-corrected chi connectivity index (χ0v) is 17.4. The van der Waals surface area contributed by atoms with Crippen LogP contribution in [-0.2, 0) is 4.79 Å². The molecule has 1 aromatic carbocycles. The fraction of sp³-hybridized carbons (Fsp3) is 0.350. The standard InChI is InChI=1S/C20H23ClN4O2.ClH/c1-13(2)19(26)24-15-5-6-17(21)16(10-15)20(27)25-9-8-23-12-18(25)14-4-3-7-22-11-14;/h3-7,10-11,13,18,23H,8-9,12H2,1-2H3,(H,24,26);1H. The number of rotatable bonds is 4. The van der Waals surface area contributed by atoms with Crippen LogP contribution >= 0.6 is 24.0 Å². The summed E-state index contributed by atoms with van der Waals surface area (Å²) in [6, 6.07) is 8.70. The molecule has 1 unspecified atom stereocenters. The molecule has 1 aliphatic rings. The second kappa shape index (κ2) is 9.87. The van der Waals surface area contributed by atoms with E-state index in [1.165, 1.54) is 0 Å². The van der Waals surface area contributed by atoms with E-state index in [2.05, 4.69) is 15.6 Å². The Labute approximate surface area is 176 Å². The van der Waals surface area contributed by atoms with Gasteiger partial charge in [-0.2, -0.15) is 0 Å². The van der Waals surface area contributed by atoms with Gasteiger partial charge in [0.15, 0.2) is 0 Å². The van der Waals surface area contributed by atoms with Crippen LogP contribution in [0.3, 0.4) is 0 Å². The summed E-state index contributed by atoms with van der Waals surface area (Å²) in [7, 11) is 0. The molecule has 1 fully saturated rings. The zero-order valence-electron chi connectivity index (χ0n) is 15.8. The molecule has 2 aromatic rings. The Morgan fingerprint density at radius 1 is 1.32 bits per heavy atom. The quantitative estimate of drug-likeness (QED) is 0.789. The first-order valence-electron chi connectivity index (χ1n) is 8.99. The molecule has 1 aromatic heterocycles. The summed E-state index contributed by atoms with van der Waals surface area (Å²) >= 11 is 6.31. The van der Waals surface area contributed by atoms with Crippen LogP contribution in [0.25, 0.3) is 0 Å². The Kier molecular flexibility index (Phi) is 7.80. The minimum absolute atomic E-state index is 0. The van der Waals surface area contributed by atoms with Crippen LogP contribution in [0.15, 0.2) is 42.7 Å². The lowest BCUT2D eigenvalue weighted by atomic mass is 10.0. The Balaban J connectivity index is 0.00000280. The van der Waals surface area contributed by atoms with E-state index in [9.17, 15) is 9.59 Å². The molecule has 0 spiro atoms. The Hall–Kier alpha value is -2.15. The molecule has 2 amide bonds. The number of carbonyl (C=O) groups excluding carboxylic acids is 2. The SMILES string of the molecule is CC(C)C(=O)Nc1ccc(Cl)c(C(=O)N2CCNCC2c2cccnc2)c1.Cl. The summed E-state index contributed by atoms with van der Waals surface area (Å²) in [5.74, 6) is -0.412. The third-order valence-electron chi connectivity index (χ3n) is 4.56. The van der Waals surface area contributed by atoms with Gasteiger partial charge < -0.3 is 15.5 Å². The molecule has 0 bridgehead atoms. The number of nitrogens with one attached hydrogen (secondary N) is 2.